The number of carbonyl (C=O) groups excluding carboxylic acids is 1. The van der Waals surface area contributed by atoms with Gasteiger partial charge in [0.25, 0.3) is 0 Å². The van der Waals surface area contributed by atoms with E-state index in [-0.39, 0.29) is 5.91 Å². The predicted molar refractivity (Wildman–Crippen MR) is 103 cm³/mol. The number of thiazole rings is 1. The van der Waals surface area contributed by atoms with Crippen molar-refractivity contribution in [2.45, 2.75) is 11.3 Å². The summed E-state index contributed by atoms with van der Waals surface area (Å²) in [6, 6.07) is 13.3. The molecule has 0 saturated carbocycles. The first kappa shape index (κ1) is 17.5. The van der Waals surface area contributed by atoms with Gasteiger partial charge in [0.05, 0.1) is 15.2 Å². The lowest BCUT2D eigenvalue weighted by Crippen LogP contribution is -2.13. The Balaban J connectivity index is 1.70. The van der Waals surface area contributed by atoms with Gasteiger partial charge in [-0.1, -0.05) is 40.6 Å². The highest BCUT2D eigenvalue weighted by molar-refractivity contribution is 7.99. The zero-order chi connectivity index (χ0) is 17.1. The summed E-state index contributed by atoms with van der Waals surface area (Å²) in [7, 11) is 1.87. The van der Waals surface area contributed by atoms with E-state index in [0.29, 0.717) is 27.0 Å². The Morgan fingerprint density at radius 2 is 1.96 bits per heavy atom. The number of carbonyl (C=O) groups is 1. The first-order chi connectivity index (χ1) is 11.5. The number of aryl methyl sites for hydroxylation is 1. The molecule has 1 heterocycles. The molecular weight excluding hydrogens is 383 g/mol. The van der Waals surface area contributed by atoms with Gasteiger partial charge in [0, 0.05) is 29.1 Å². The van der Waals surface area contributed by atoms with Crippen LogP contribution in [0.5, 0.6) is 0 Å². The number of aromatic nitrogens is 1. The Hall–Kier alpha value is -1.27. The van der Waals surface area contributed by atoms with E-state index >= 15 is 0 Å². The van der Waals surface area contributed by atoms with Crippen LogP contribution in [-0.2, 0) is 11.8 Å². The van der Waals surface area contributed by atoms with Crippen LogP contribution < -0.4 is 4.80 Å². The lowest BCUT2D eigenvalue weighted by molar-refractivity contribution is -0.117. The highest BCUT2D eigenvalue weighted by Gasteiger charge is 2.08. The molecule has 0 radical (unpaired) electrons. The largest absolute Gasteiger partial charge is 0.318 e. The second-order valence-electron chi connectivity index (χ2n) is 5.09. The minimum Gasteiger partial charge on any atom is -0.318 e. The maximum atomic E-state index is 12.1. The van der Waals surface area contributed by atoms with Gasteiger partial charge in [0.2, 0.25) is 5.91 Å². The summed E-state index contributed by atoms with van der Waals surface area (Å²) in [5.74, 6) is 0.550. The third-order valence-electron chi connectivity index (χ3n) is 3.39. The van der Waals surface area contributed by atoms with Gasteiger partial charge in [0.15, 0.2) is 4.80 Å². The van der Waals surface area contributed by atoms with E-state index < -0.39 is 0 Å². The molecule has 0 aliphatic heterocycles. The van der Waals surface area contributed by atoms with Crippen LogP contribution in [0.15, 0.2) is 52.4 Å². The molecule has 0 atom stereocenters. The molecule has 1 amide bonds. The van der Waals surface area contributed by atoms with Crippen LogP contribution in [0.2, 0.25) is 10.0 Å². The molecule has 3 rings (SSSR count). The van der Waals surface area contributed by atoms with E-state index in [1.54, 1.807) is 11.8 Å². The number of para-hydroxylation sites is 1. The van der Waals surface area contributed by atoms with Crippen LogP contribution in [0.25, 0.3) is 10.2 Å². The minimum absolute atomic E-state index is 0.130. The maximum absolute atomic E-state index is 12.1. The number of nitrogens with zero attached hydrogens (tertiary/aromatic N) is 2. The minimum atomic E-state index is -0.130. The molecule has 0 unspecified atom stereocenters. The molecule has 0 aliphatic carbocycles. The van der Waals surface area contributed by atoms with Crippen molar-refractivity contribution in [2.24, 2.45) is 12.0 Å². The molecule has 1 aromatic heterocycles. The summed E-state index contributed by atoms with van der Waals surface area (Å²) in [5.41, 5.74) is 0.909. The van der Waals surface area contributed by atoms with Crippen LogP contribution >= 0.6 is 46.3 Å². The second-order valence-corrected chi connectivity index (χ2v) is 8.11. The summed E-state index contributed by atoms with van der Waals surface area (Å²) in [6.45, 7) is 0. The van der Waals surface area contributed by atoms with E-state index in [2.05, 4.69) is 4.99 Å². The number of benzene rings is 2. The summed E-state index contributed by atoms with van der Waals surface area (Å²) in [6.07, 6.45) is 0.384. The van der Waals surface area contributed by atoms with Gasteiger partial charge in [0.1, 0.15) is 0 Å². The van der Waals surface area contributed by atoms with E-state index in [0.717, 1.165) is 15.1 Å². The third kappa shape index (κ3) is 4.03. The van der Waals surface area contributed by atoms with Gasteiger partial charge in [-0.05, 0) is 36.4 Å². The van der Waals surface area contributed by atoms with Crippen LogP contribution in [0.1, 0.15) is 6.42 Å². The topological polar surface area (TPSA) is 34.4 Å². The Bertz CT molecular complexity index is 945. The van der Waals surface area contributed by atoms with Crippen molar-refractivity contribution in [3.63, 3.8) is 0 Å². The third-order valence-corrected chi connectivity index (χ3v) is 6.06. The summed E-state index contributed by atoms with van der Waals surface area (Å²) >= 11 is 15.2. The number of amides is 1. The molecule has 0 aliphatic rings. The van der Waals surface area contributed by atoms with Gasteiger partial charge < -0.3 is 4.57 Å². The Morgan fingerprint density at radius 3 is 2.67 bits per heavy atom. The average molecular weight is 397 g/mol. The highest BCUT2D eigenvalue weighted by atomic mass is 35.5. The number of halogens is 2. The van der Waals surface area contributed by atoms with Gasteiger partial charge >= 0.3 is 0 Å². The molecule has 0 bridgehead atoms. The lowest BCUT2D eigenvalue weighted by atomic mass is 10.3. The molecule has 3 nitrogen and oxygen atoms in total. The smallest absolute Gasteiger partial charge is 0.249 e. The molecule has 7 heteroatoms. The number of fused-ring (bicyclic) bond motifs is 1. The molecular formula is C17H14Cl2N2OS2. The fraction of sp³-hybridized carbons (Fsp3) is 0.176. The molecule has 24 heavy (non-hydrogen) atoms. The number of rotatable bonds is 4. The standard InChI is InChI=1S/C17H14Cl2N2OS2/c1-21-16-13(19)3-2-4-14(16)24-17(21)20-15(22)9-10-23-12-7-5-11(18)6-8-12/h2-8H,9-10H2,1H3. The van der Waals surface area contributed by atoms with Crippen molar-refractivity contribution in [1.82, 2.24) is 4.57 Å². The van der Waals surface area contributed by atoms with E-state index in [9.17, 15) is 4.79 Å². The van der Waals surface area contributed by atoms with Crippen LogP contribution in [0.4, 0.5) is 0 Å². The number of hydrogen-bond donors (Lipinski definition) is 0. The van der Waals surface area contributed by atoms with Gasteiger partial charge in [-0.3, -0.25) is 4.79 Å². The zero-order valence-corrected chi connectivity index (χ0v) is 16.0. The monoisotopic (exact) mass is 396 g/mol. The van der Waals surface area contributed by atoms with Crippen molar-refractivity contribution in [3.05, 3.63) is 57.3 Å². The fourth-order valence-electron chi connectivity index (χ4n) is 2.21. The van der Waals surface area contributed by atoms with Crippen molar-refractivity contribution in [2.75, 3.05) is 5.75 Å². The van der Waals surface area contributed by atoms with E-state index in [1.165, 1.54) is 11.3 Å². The predicted octanol–water partition coefficient (Wildman–Crippen LogP) is 5.16. The van der Waals surface area contributed by atoms with Crippen LogP contribution in [0.3, 0.4) is 0 Å². The molecule has 0 saturated heterocycles. The number of thioether (sulfide) groups is 1. The van der Waals surface area contributed by atoms with Crippen molar-refractivity contribution in [1.29, 1.82) is 0 Å². The highest BCUT2D eigenvalue weighted by Crippen LogP contribution is 2.24. The van der Waals surface area contributed by atoms with Crippen molar-refractivity contribution >= 4 is 62.4 Å². The normalized spacial score (nSPS) is 12.0. The summed E-state index contributed by atoms with van der Waals surface area (Å²) in [4.78, 5) is 18.1. The van der Waals surface area contributed by atoms with Gasteiger partial charge in [-0.25, -0.2) is 0 Å². The number of hydrogen-bond acceptors (Lipinski definition) is 3. The van der Waals surface area contributed by atoms with Gasteiger partial charge in [-0.15, -0.1) is 11.8 Å². The first-order valence-corrected chi connectivity index (χ1v) is 9.80. The Morgan fingerprint density at radius 1 is 1.21 bits per heavy atom. The summed E-state index contributed by atoms with van der Waals surface area (Å²) < 4.78 is 2.89. The van der Waals surface area contributed by atoms with Crippen molar-refractivity contribution < 1.29 is 4.79 Å². The van der Waals surface area contributed by atoms with E-state index in [4.69, 9.17) is 23.2 Å². The first-order valence-electron chi connectivity index (χ1n) is 7.24. The summed E-state index contributed by atoms with van der Waals surface area (Å²) in [5, 5.41) is 1.37. The van der Waals surface area contributed by atoms with Gasteiger partial charge in [-0.2, -0.15) is 4.99 Å². The molecule has 3 aromatic rings. The van der Waals surface area contributed by atoms with E-state index in [1.807, 2.05) is 54.1 Å². The fourth-order valence-corrected chi connectivity index (χ4v) is 4.60. The SMILES string of the molecule is Cn1c(=NC(=O)CCSc2ccc(Cl)cc2)sc2cccc(Cl)c21. The molecule has 124 valence electrons. The Kier molecular flexibility index (Phi) is 5.66. The van der Waals surface area contributed by atoms with Crippen molar-refractivity contribution in [3.8, 4) is 0 Å². The zero-order valence-electron chi connectivity index (χ0n) is 12.8. The quantitative estimate of drug-likeness (QED) is 0.570. The van der Waals surface area contributed by atoms with Crippen LogP contribution in [-0.4, -0.2) is 16.2 Å². The second kappa shape index (κ2) is 7.74. The Labute approximate surface area is 157 Å². The lowest BCUT2D eigenvalue weighted by Gasteiger charge is -2.00. The van der Waals surface area contributed by atoms with Crippen LogP contribution in [0, 0.1) is 0 Å². The molecule has 2 aromatic carbocycles. The molecule has 0 N–H and O–H groups in total. The molecule has 0 fully saturated rings. The molecule has 0 spiro atoms. The maximum Gasteiger partial charge on any atom is 0.249 e. The average Bonchev–Trinajstić information content (AvgIpc) is 2.87.